The minimum absolute atomic E-state index is 0.523. The molecular weight excluding hydrogens is 414 g/mol. The Morgan fingerprint density at radius 2 is 1.94 bits per heavy atom. The summed E-state index contributed by atoms with van der Waals surface area (Å²) >= 11 is 0. The summed E-state index contributed by atoms with van der Waals surface area (Å²) in [5.41, 5.74) is 3.52. The van der Waals surface area contributed by atoms with Crippen LogP contribution in [0, 0.1) is 11.6 Å². The molecular formula is C23H22F2N6O. The zero-order chi connectivity index (χ0) is 22.2. The van der Waals surface area contributed by atoms with Gasteiger partial charge in [0, 0.05) is 55.6 Å². The van der Waals surface area contributed by atoms with E-state index in [1.165, 1.54) is 6.07 Å². The second kappa shape index (κ2) is 8.07. The van der Waals surface area contributed by atoms with Crippen LogP contribution in [-0.2, 0) is 20.0 Å². The van der Waals surface area contributed by atoms with Gasteiger partial charge in [-0.2, -0.15) is 15.2 Å². The maximum absolute atomic E-state index is 13.8. The van der Waals surface area contributed by atoms with Crippen LogP contribution in [0.25, 0.3) is 11.1 Å². The van der Waals surface area contributed by atoms with E-state index in [9.17, 15) is 8.78 Å². The maximum Gasteiger partial charge on any atom is 0.228 e. The topological polar surface area (TPSA) is 61.0 Å². The summed E-state index contributed by atoms with van der Waals surface area (Å²) in [6.07, 6.45) is 5.10. The molecule has 164 valence electrons. The average molecular weight is 436 g/mol. The highest BCUT2D eigenvalue weighted by Crippen LogP contribution is 2.32. The zero-order valence-electron chi connectivity index (χ0n) is 17.8. The Bertz CT molecular complexity index is 1280. The van der Waals surface area contributed by atoms with E-state index < -0.39 is 11.6 Å². The second-order valence-corrected chi connectivity index (χ2v) is 7.77. The molecule has 0 amide bonds. The number of fused-ring (bicyclic) bond motifs is 1. The molecule has 1 aliphatic heterocycles. The van der Waals surface area contributed by atoms with Crippen molar-refractivity contribution >= 4 is 11.6 Å². The molecule has 7 nitrogen and oxygen atoms in total. The van der Waals surface area contributed by atoms with Crippen molar-refractivity contribution in [1.82, 2.24) is 24.5 Å². The van der Waals surface area contributed by atoms with Gasteiger partial charge in [0.05, 0.1) is 13.3 Å². The van der Waals surface area contributed by atoms with Crippen LogP contribution in [-0.4, -0.2) is 38.2 Å². The van der Waals surface area contributed by atoms with Gasteiger partial charge in [-0.25, -0.2) is 13.5 Å². The van der Waals surface area contributed by atoms with Crippen molar-refractivity contribution in [2.45, 2.75) is 19.4 Å². The molecule has 0 saturated carbocycles. The number of halogens is 2. The molecule has 0 radical (unpaired) electrons. The van der Waals surface area contributed by atoms with Crippen molar-refractivity contribution in [2.24, 2.45) is 7.05 Å². The van der Waals surface area contributed by atoms with E-state index in [1.54, 1.807) is 24.1 Å². The Kier molecular flexibility index (Phi) is 5.08. The van der Waals surface area contributed by atoms with E-state index in [0.29, 0.717) is 30.4 Å². The van der Waals surface area contributed by atoms with Gasteiger partial charge in [0.15, 0.2) is 17.5 Å². The normalized spacial score (nSPS) is 13.3. The molecule has 3 heterocycles. The summed E-state index contributed by atoms with van der Waals surface area (Å²) < 4.78 is 36.3. The molecule has 2 aromatic carbocycles. The molecule has 0 spiro atoms. The molecule has 2 aromatic heterocycles. The summed E-state index contributed by atoms with van der Waals surface area (Å²) in [4.78, 5) is 6.57. The van der Waals surface area contributed by atoms with Crippen molar-refractivity contribution in [3.63, 3.8) is 0 Å². The van der Waals surface area contributed by atoms with Crippen LogP contribution in [0.1, 0.15) is 17.8 Å². The first kappa shape index (κ1) is 20.2. The van der Waals surface area contributed by atoms with Gasteiger partial charge in [-0.05, 0) is 30.2 Å². The van der Waals surface area contributed by atoms with Crippen molar-refractivity contribution < 1.29 is 13.5 Å². The zero-order valence-corrected chi connectivity index (χ0v) is 17.8. The SMILES string of the molecule is COc1cc(Cc2nc3n(n2)CCCN3c2ccc(F)c(F)c2)ccc1-c1cnn(C)c1. The van der Waals surface area contributed by atoms with Gasteiger partial charge in [-0.15, -0.1) is 0 Å². The molecule has 32 heavy (non-hydrogen) atoms. The first-order valence-corrected chi connectivity index (χ1v) is 10.3. The molecule has 0 bridgehead atoms. The van der Waals surface area contributed by atoms with Gasteiger partial charge in [0.1, 0.15) is 5.75 Å². The number of hydrogen-bond donors (Lipinski definition) is 0. The fourth-order valence-electron chi connectivity index (χ4n) is 4.01. The molecule has 5 rings (SSSR count). The Labute approximate surface area is 183 Å². The maximum atomic E-state index is 13.8. The highest BCUT2D eigenvalue weighted by atomic mass is 19.2. The predicted molar refractivity (Wildman–Crippen MR) is 116 cm³/mol. The highest BCUT2D eigenvalue weighted by Gasteiger charge is 2.23. The number of rotatable bonds is 5. The fraction of sp³-hybridized carbons (Fsp3) is 0.261. The first-order valence-electron chi connectivity index (χ1n) is 10.3. The Balaban J connectivity index is 1.42. The number of benzene rings is 2. The van der Waals surface area contributed by atoms with Gasteiger partial charge in [-0.1, -0.05) is 12.1 Å². The molecule has 0 aliphatic carbocycles. The van der Waals surface area contributed by atoms with E-state index >= 15 is 0 Å². The van der Waals surface area contributed by atoms with Crippen molar-refractivity contribution in [1.29, 1.82) is 0 Å². The number of ether oxygens (including phenoxy) is 1. The van der Waals surface area contributed by atoms with Gasteiger partial charge in [-0.3, -0.25) is 4.68 Å². The van der Waals surface area contributed by atoms with E-state index in [0.717, 1.165) is 41.5 Å². The number of aryl methyl sites for hydroxylation is 2. The summed E-state index contributed by atoms with van der Waals surface area (Å²) in [6.45, 7) is 1.39. The quantitative estimate of drug-likeness (QED) is 0.472. The predicted octanol–water partition coefficient (Wildman–Crippen LogP) is 4.10. The molecule has 0 unspecified atom stereocenters. The van der Waals surface area contributed by atoms with Crippen molar-refractivity contribution in [2.75, 3.05) is 18.6 Å². The lowest BCUT2D eigenvalue weighted by Gasteiger charge is -2.27. The lowest BCUT2D eigenvalue weighted by atomic mass is 10.0. The number of nitrogens with zero attached hydrogens (tertiary/aromatic N) is 6. The average Bonchev–Trinajstić information content (AvgIpc) is 3.41. The molecule has 0 atom stereocenters. The number of methoxy groups -OCH3 is 1. The van der Waals surface area contributed by atoms with Crippen LogP contribution < -0.4 is 9.64 Å². The Morgan fingerprint density at radius 3 is 2.69 bits per heavy atom. The molecule has 0 N–H and O–H groups in total. The third-order valence-electron chi connectivity index (χ3n) is 5.55. The summed E-state index contributed by atoms with van der Waals surface area (Å²) in [5, 5.41) is 8.87. The smallest absolute Gasteiger partial charge is 0.228 e. The van der Waals surface area contributed by atoms with Crippen LogP contribution in [0.4, 0.5) is 20.4 Å². The molecule has 9 heteroatoms. The molecule has 0 fully saturated rings. The second-order valence-electron chi connectivity index (χ2n) is 7.77. The summed E-state index contributed by atoms with van der Waals surface area (Å²) in [7, 11) is 3.52. The third-order valence-corrected chi connectivity index (χ3v) is 5.55. The fourth-order valence-corrected chi connectivity index (χ4v) is 4.01. The Morgan fingerprint density at radius 1 is 1.06 bits per heavy atom. The number of aromatic nitrogens is 5. The standard InChI is InChI=1S/C23H22F2N6O/c1-29-14-16(13-26-29)18-6-4-15(10-21(18)32-2)11-22-27-23-30(8-3-9-31(23)28-22)17-5-7-19(24)20(25)12-17/h4-7,10,12-14H,3,8-9,11H2,1-2H3. The molecule has 4 aromatic rings. The van der Waals surface area contributed by atoms with Gasteiger partial charge in [0.2, 0.25) is 5.95 Å². The summed E-state index contributed by atoms with van der Waals surface area (Å²) in [5.74, 6) is 0.307. The van der Waals surface area contributed by atoms with Gasteiger partial charge >= 0.3 is 0 Å². The number of hydrogen-bond acceptors (Lipinski definition) is 5. The highest BCUT2D eigenvalue weighted by molar-refractivity contribution is 5.70. The van der Waals surface area contributed by atoms with Gasteiger partial charge in [0.25, 0.3) is 0 Å². The Hall–Kier alpha value is -3.75. The van der Waals surface area contributed by atoms with Gasteiger partial charge < -0.3 is 9.64 Å². The largest absolute Gasteiger partial charge is 0.496 e. The van der Waals surface area contributed by atoms with E-state index in [2.05, 4.69) is 10.2 Å². The van der Waals surface area contributed by atoms with E-state index in [1.807, 2.05) is 41.0 Å². The first-order chi connectivity index (χ1) is 15.5. The monoisotopic (exact) mass is 436 g/mol. The summed E-state index contributed by atoms with van der Waals surface area (Å²) in [6, 6.07) is 9.91. The van der Waals surface area contributed by atoms with E-state index in [-0.39, 0.29) is 0 Å². The van der Waals surface area contributed by atoms with Crippen LogP contribution in [0.2, 0.25) is 0 Å². The van der Waals surface area contributed by atoms with Crippen LogP contribution in [0.3, 0.4) is 0 Å². The lowest BCUT2D eigenvalue weighted by Crippen LogP contribution is -2.28. The number of anilines is 2. The lowest BCUT2D eigenvalue weighted by molar-refractivity contribution is 0.416. The van der Waals surface area contributed by atoms with Crippen LogP contribution >= 0.6 is 0 Å². The minimum atomic E-state index is -0.875. The van der Waals surface area contributed by atoms with Crippen molar-refractivity contribution in [3.05, 3.63) is 71.8 Å². The third kappa shape index (κ3) is 3.70. The minimum Gasteiger partial charge on any atom is -0.496 e. The van der Waals surface area contributed by atoms with Crippen LogP contribution in [0.15, 0.2) is 48.8 Å². The van der Waals surface area contributed by atoms with Crippen LogP contribution in [0.5, 0.6) is 5.75 Å². The molecule has 0 saturated heterocycles. The van der Waals surface area contributed by atoms with Crippen molar-refractivity contribution in [3.8, 4) is 16.9 Å². The van der Waals surface area contributed by atoms with E-state index in [4.69, 9.17) is 9.72 Å². The molecule has 1 aliphatic rings.